The quantitative estimate of drug-likeness (QED) is 0.719. The van der Waals surface area contributed by atoms with Gasteiger partial charge in [-0.25, -0.2) is 8.57 Å². The Morgan fingerprint density at radius 1 is 1.10 bits per heavy atom. The van der Waals surface area contributed by atoms with Crippen molar-refractivity contribution in [2.45, 2.75) is 37.2 Å². The summed E-state index contributed by atoms with van der Waals surface area (Å²) in [6.07, 6.45) is 1.90. The predicted octanol–water partition coefficient (Wildman–Crippen LogP) is 2.68. The molecule has 1 unspecified atom stereocenters. The van der Waals surface area contributed by atoms with Crippen molar-refractivity contribution in [1.82, 2.24) is 0 Å². The molecule has 1 rings (SSSR count). The van der Waals surface area contributed by atoms with Gasteiger partial charge in [-0.2, -0.15) is 8.42 Å². The van der Waals surface area contributed by atoms with E-state index in [1.165, 1.54) is 7.05 Å². The molecule has 0 aromatic heterocycles. The van der Waals surface area contributed by atoms with Gasteiger partial charge >= 0.3 is 0 Å². The van der Waals surface area contributed by atoms with E-state index in [2.05, 4.69) is 4.36 Å². The first-order valence-corrected chi connectivity index (χ1v) is 10.3. The van der Waals surface area contributed by atoms with Crippen molar-refractivity contribution in [2.75, 3.05) is 19.1 Å². The van der Waals surface area contributed by atoms with Crippen LogP contribution in [-0.2, 0) is 24.0 Å². The van der Waals surface area contributed by atoms with Gasteiger partial charge in [-0.05, 0) is 25.0 Å². The predicted molar refractivity (Wildman–Crippen MR) is 85.3 cm³/mol. The van der Waals surface area contributed by atoms with Gasteiger partial charge < -0.3 is 0 Å². The second-order valence-electron chi connectivity index (χ2n) is 4.96. The average molecular weight is 333 g/mol. The SMILES string of the molecule is CCC(CC)(CS(=O)(=NC)c1ccccc1)OS(C)(=O)=O. The Labute approximate surface area is 128 Å². The molecule has 5 nitrogen and oxygen atoms in total. The fourth-order valence-electron chi connectivity index (χ4n) is 2.16. The molecule has 0 aliphatic heterocycles. The molecule has 0 bridgehead atoms. The molecule has 0 aliphatic rings. The molecule has 0 aliphatic carbocycles. The largest absolute Gasteiger partial charge is 0.264 e. The van der Waals surface area contributed by atoms with Crippen molar-refractivity contribution in [3.8, 4) is 0 Å². The molecule has 1 atom stereocenters. The van der Waals surface area contributed by atoms with Gasteiger partial charge in [0, 0.05) is 11.9 Å². The van der Waals surface area contributed by atoms with Crippen LogP contribution < -0.4 is 0 Å². The van der Waals surface area contributed by atoms with Gasteiger partial charge in [-0.1, -0.05) is 32.0 Å². The van der Waals surface area contributed by atoms with E-state index in [-0.39, 0.29) is 5.75 Å². The summed E-state index contributed by atoms with van der Waals surface area (Å²) in [5, 5.41) is 0. The van der Waals surface area contributed by atoms with Crippen LogP contribution in [0.4, 0.5) is 0 Å². The van der Waals surface area contributed by atoms with E-state index >= 15 is 0 Å². The van der Waals surface area contributed by atoms with Crippen molar-refractivity contribution in [2.24, 2.45) is 4.36 Å². The monoisotopic (exact) mass is 333 g/mol. The van der Waals surface area contributed by atoms with Crippen molar-refractivity contribution >= 4 is 19.8 Å². The molecule has 0 spiro atoms. The Hall–Kier alpha value is -0.920. The van der Waals surface area contributed by atoms with E-state index in [1.807, 2.05) is 19.9 Å². The average Bonchev–Trinajstić information content (AvgIpc) is 2.46. The molecule has 21 heavy (non-hydrogen) atoms. The molecule has 0 saturated heterocycles. The highest BCUT2D eigenvalue weighted by molar-refractivity contribution is 7.93. The first-order chi connectivity index (χ1) is 9.70. The van der Waals surface area contributed by atoms with Crippen LogP contribution >= 0.6 is 0 Å². The summed E-state index contributed by atoms with van der Waals surface area (Å²) in [7, 11) is -4.87. The summed E-state index contributed by atoms with van der Waals surface area (Å²) >= 11 is 0. The molecule has 0 heterocycles. The summed E-state index contributed by atoms with van der Waals surface area (Å²) < 4.78 is 45.5. The molecule has 0 fully saturated rings. The van der Waals surface area contributed by atoms with Gasteiger partial charge in [0.15, 0.2) is 0 Å². The third-order valence-electron chi connectivity index (χ3n) is 3.48. The van der Waals surface area contributed by atoms with E-state index in [9.17, 15) is 12.6 Å². The first kappa shape index (κ1) is 18.1. The summed E-state index contributed by atoms with van der Waals surface area (Å²) in [6, 6.07) is 8.89. The van der Waals surface area contributed by atoms with Crippen LogP contribution in [0, 0.1) is 0 Å². The minimum atomic E-state index is -3.64. The first-order valence-electron chi connectivity index (χ1n) is 6.79. The fraction of sp³-hybridized carbons (Fsp3) is 0.571. The third-order valence-corrected chi connectivity index (χ3v) is 6.65. The van der Waals surface area contributed by atoms with E-state index < -0.39 is 25.4 Å². The number of nitrogens with zero attached hydrogens (tertiary/aromatic N) is 1. The van der Waals surface area contributed by atoms with E-state index in [0.29, 0.717) is 17.7 Å². The summed E-state index contributed by atoms with van der Waals surface area (Å²) in [5.41, 5.74) is -1.000. The Morgan fingerprint density at radius 2 is 1.62 bits per heavy atom. The third kappa shape index (κ3) is 4.79. The molecule has 0 saturated carbocycles. The zero-order valence-electron chi connectivity index (χ0n) is 12.9. The molecular formula is C14H23NO4S2. The Morgan fingerprint density at radius 3 is 2.00 bits per heavy atom. The summed E-state index contributed by atoms with van der Waals surface area (Å²) in [4.78, 5) is 0.593. The topological polar surface area (TPSA) is 72.8 Å². The summed E-state index contributed by atoms with van der Waals surface area (Å²) in [6.45, 7) is 3.66. The van der Waals surface area contributed by atoms with Crippen molar-refractivity contribution in [1.29, 1.82) is 0 Å². The Bertz CT molecular complexity index is 670. The van der Waals surface area contributed by atoms with Gasteiger partial charge in [0.1, 0.15) is 0 Å². The second kappa shape index (κ2) is 6.89. The highest BCUT2D eigenvalue weighted by Crippen LogP contribution is 2.28. The van der Waals surface area contributed by atoms with Crippen molar-refractivity contribution in [3.05, 3.63) is 30.3 Å². The van der Waals surface area contributed by atoms with Crippen LogP contribution in [0.5, 0.6) is 0 Å². The molecule has 7 heteroatoms. The van der Waals surface area contributed by atoms with Crippen molar-refractivity contribution < 1.29 is 16.8 Å². The van der Waals surface area contributed by atoms with Crippen LogP contribution in [0.25, 0.3) is 0 Å². The smallest absolute Gasteiger partial charge is 0.263 e. The molecule has 0 N–H and O–H groups in total. The highest BCUT2D eigenvalue weighted by atomic mass is 32.2. The lowest BCUT2D eigenvalue weighted by molar-refractivity contribution is 0.0935. The normalized spacial score (nSPS) is 15.4. The van der Waals surface area contributed by atoms with Crippen LogP contribution in [0.2, 0.25) is 0 Å². The van der Waals surface area contributed by atoms with Crippen molar-refractivity contribution in [3.63, 3.8) is 0 Å². The minimum Gasteiger partial charge on any atom is -0.263 e. The highest BCUT2D eigenvalue weighted by Gasteiger charge is 2.36. The van der Waals surface area contributed by atoms with Crippen LogP contribution in [-0.4, -0.2) is 37.3 Å². The Kier molecular flexibility index (Phi) is 5.95. The van der Waals surface area contributed by atoms with Crippen LogP contribution in [0.15, 0.2) is 39.6 Å². The van der Waals surface area contributed by atoms with Gasteiger partial charge in [-0.3, -0.25) is 4.18 Å². The Balaban J connectivity index is 3.27. The van der Waals surface area contributed by atoms with E-state index in [4.69, 9.17) is 4.18 Å². The molecule has 1 aromatic carbocycles. The zero-order valence-corrected chi connectivity index (χ0v) is 14.5. The van der Waals surface area contributed by atoms with Gasteiger partial charge in [-0.15, -0.1) is 0 Å². The standard InChI is InChI=1S/C14H23NO4S2/c1-5-14(6-2,19-20(4,16)17)12-21(18,15-3)13-10-8-7-9-11-13/h7-11H,5-6,12H2,1-4H3. The maximum atomic E-state index is 13.1. The number of hydrogen-bond donors (Lipinski definition) is 0. The molecule has 120 valence electrons. The lowest BCUT2D eigenvalue weighted by atomic mass is 10.0. The van der Waals surface area contributed by atoms with Crippen LogP contribution in [0.3, 0.4) is 0 Å². The molecular weight excluding hydrogens is 310 g/mol. The van der Waals surface area contributed by atoms with Gasteiger partial charge in [0.25, 0.3) is 10.1 Å². The number of rotatable bonds is 7. The maximum Gasteiger partial charge on any atom is 0.264 e. The maximum absolute atomic E-state index is 13.1. The van der Waals surface area contributed by atoms with Gasteiger partial charge in [0.2, 0.25) is 0 Å². The van der Waals surface area contributed by atoms with E-state index in [0.717, 1.165) is 6.26 Å². The lowest BCUT2D eigenvalue weighted by Crippen LogP contribution is -2.40. The number of benzene rings is 1. The fourth-order valence-corrected chi connectivity index (χ4v) is 5.44. The van der Waals surface area contributed by atoms with E-state index in [1.54, 1.807) is 24.3 Å². The minimum absolute atomic E-state index is 0.0561. The lowest BCUT2D eigenvalue weighted by Gasteiger charge is -2.31. The van der Waals surface area contributed by atoms with Crippen LogP contribution in [0.1, 0.15) is 26.7 Å². The second-order valence-corrected chi connectivity index (χ2v) is 8.94. The zero-order chi connectivity index (χ0) is 16.1. The number of hydrogen-bond acceptors (Lipinski definition) is 5. The van der Waals surface area contributed by atoms with Gasteiger partial charge in [0.05, 0.1) is 27.3 Å². The summed E-state index contributed by atoms with van der Waals surface area (Å²) in [5.74, 6) is 0.0561. The molecule has 0 radical (unpaired) electrons. The molecule has 0 amide bonds. The molecule has 1 aromatic rings.